The van der Waals surface area contributed by atoms with Crippen molar-refractivity contribution in [3.63, 3.8) is 0 Å². The number of hydrogen-bond donors (Lipinski definition) is 1. The lowest BCUT2D eigenvalue weighted by molar-refractivity contribution is 0.0322. The van der Waals surface area contributed by atoms with E-state index >= 15 is 0 Å². The predicted octanol–water partition coefficient (Wildman–Crippen LogP) is 1.56. The molecule has 1 fully saturated rings. The molecule has 5 heteroatoms. The molecule has 1 aliphatic rings. The van der Waals surface area contributed by atoms with Crippen molar-refractivity contribution in [2.45, 2.75) is 13.0 Å². The molecule has 1 atom stereocenters. The van der Waals surface area contributed by atoms with E-state index in [4.69, 9.17) is 15.2 Å². The number of morpholine rings is 1. The molecular weight excluding hydrogens is 247 g/mol. The first-order chi connectivity index (χ1) is 9.16. The average molecular weight is 268 g/mol. The number of ether oxygens (including phenoxy) is 2. The third kappa shape index (κ3) is 4.16. The molecule has 0 spiro atoms. The summed E-state index contributed by atoms with van der Waals surface area (Å²) in [5.41, 5.74) is 6.18. The van der Waals surface area contributed by atoms with Gasteiger partial charge < -0.3 is 15.2 Å². The molecule has 0 unspecified atom stereocenters. The van der Waals surface area contributed by atoms with Gasteiger partial charge in [-0.05, 0) is 13.0 Å². The van der Waals surface area contributed by atoms with Crippen LogP contribution in [-0.2, 0) is 4.74 Å². The van der Waals surface area contributed by atoms with Crippen molar-refractivity contribution in [2.75, 3.05) is 39.5 Å². The van der Waals surface area contributed by atoms with Crippen molar-refractivity contribution in [3.05, 3.63) is 29.6 Å². The fourth-order valence-electron chi connectivity index (χ4n) is 2.08. The average Bonchev–Trinajstić information content (AvgIpc) is 2.39. The molecule has 19 heavy (non-hydrogen) atoms. The van der Waals surface area contributed by atoms with E-state index in [1.165, 1.54) is 6.07 Å². The van der Waals surface area contributed by atoms with Gasteiger partial charge in [-0.15, -0.1) is 0 Å². The van der Waals surface area contributed by atoms with Gasteiger partial charge in [-0.3, -0.25) is 4.90 Å². The Morgan fingerprint density at radius 1 is 1.42 bits per heavy atom. The number of hydrogen-bond acceptors (Lipinski definition) is 4. The summed E-state index contributed by atoms with van der Waals surface area (Å²) in [5, 5.41) is 0. The molecule has 1 aromatic rings. The zero-order valence-electron chi connectivity index (χ0n) is 11.3. The van der Waals surface area contributed by atoms with Gasteiger partial charge in [0.1, 0.15) is 18.2 Å². The van der Waals surface area contributed by atoms with E-state index in [1.54, 1.807) is 19.1 Å². The molecular formula is C14H21FN2O2. The van der Waals surface area contributed by atoms with Gasteiger partial charge in [-0.2, -0.15) is 0 Å². The second kappa shape index (κ2) is 6.84. The third-order valence-electron chi connectivity index (χ3n) is 3.24. The summed E-state index contributed by atoms with van der Waals surface area (Å²) >= 11 is 0. The van der Waals surface area contributed by atoms with Crippen LogP contribution >= 0.6 is 0 Å². The lowest BCUT2D eigenvalue weighted by atomic mass is 10.1. The van der Waals surface area contributed by atoms with E-state index < -0.39 is 0 Å². The van der Waals surface area contributed by atoms with Gasteiger partial charge in [0.25, 0.3) is 0 Å². The number of nitrogens with zero attached hydrogens (tertiary/aromatic N) is 1. The number of rotatable bonds is 5. The van der Waals surface area contributed by atoms with Crippen LogP contribution in [0.3, 0.4) is 0 Å². The second-order valence-corrected chi connectivity index (χ2v) is 4.77. The quantitative estimate of drug-likeness (QED) is 0.880. The van der Waals surface area contributed by atoms with Crippen molar-refractivity contribution >= 4 is 0 Å². The van der Waals surface area contributed by atoms with Crippen LogP contribution in [0.5, 0.6) is 5.75 Å². The van der Waals surface area contributed by atoms with Gasteiger partial charge in [0, 0.05) is 37.3 Å². The fraction of sp³-hybridized carbons (Fsp3) is 0.571. The molecule has 1 aromatic carbocycles. The van der Waals surface area contributed by atoms with Crippen LogP contribution in [0.1, 0.15) is 18.5 Å². The number of nitrogens with two attached hydrogens (primary N) is 1. The summed E-state index contributed by atoms with van der Waals surface area (Å²) in [7, 11) is 0. The van der Waals surface area contributed by atoms with Gasteiger partial charge >= 0.3 is 0 Å². The molecule has 0 radical (unpaired) electrons. The third-order valence-corrected chi connectivity index (χ3v) is 3.24. The Hall–Kier alpha value is -1.17. The van der Waals surface area contributed by atoms with Crippen LogP contribution in [0.15, 0.2) is 18.2 Å². The molecule has 0 bridgehead atoms. The highest BCUT2D eigenvalue weighted by Crippen LogP contribution is 2.20. The molecule has 0 amide bonds. The lowest BCUT2D eigenvalue weighted by Crippen LogP contribution is -2.38. The zero-order valence-corrected chi connectivity index (χ0v) is 11.3. The molecule has 2 N–H and O–H groups in total. The Morgan fingerprint density at radius 2 is 2.16 bits per heavy atom. The van der Waals surface area contributed by atoms with Crippen molar-refractivity contribution in [2.24, 2.45) is 5.73 Å². The van der Waals surface area contributed by atoms with Gasteiger partial charge in [0.2, 0.25) is 0 Å². The van der Waals surface area contributed by atoms with E-state index in [2.05, 4.69) is 4.90 Å². The SMILES string of the molecule is C[C@@H](N)c1ccc(OCCN2CCOCC2)cc1F. The molecule has 0 saturated carbocycles. The van der Waals surface area contributed by atoms with E-state index in [-0.39, 0.29) is 11.9 Å². The van der Waals surface area contributed by atoms with Crippen LogP contribution in [-0.4, -0.2) is 44.4 Å². The van der Waals surface area contributed by atoms with Crippen LogP contribution in [0.4, 0.5) is 4.39 Å². The summed E-state index contributed by atoms with van der Waals surface area (Å²) in [4.78, 5) is 2.27. The smallest absolute Gasteiger partial charge is 0.131 e. The highest BCUT2D eigenvalue weighted by atomic mass is 19.1. The Bertz CT molecular complexity index is 406. The van der Waals surface area contributed by atoms with Gasteiger partial charge in [-0.1, -0.05) is 6.07 Å². The van der Waals surface area contributed by atoms with Crippen LogP contribution in [0.2, 0.25) is 0 Å². The van der Waals surface area contributed by atoms with Crippen molar-refractivity contribution in [1.82, 2.24) is 4.90 Å². The van der Waals surface area contributed by atoms with Crippen molar-refractivity contribution in [3.8, 4) is 5.75 Å². The van der Waals surface area contributed by atoms with E-state index in [0.717, 1.165) is 32.8 Å². The maximum Gasteiger partial charge on any atom is 0.131 e. The molecule has 1 aliphatic heterocycles. The van der Waals surface area contributed by atoms with E-state index in [9.17, 15) is 4.39 Å². The van der Waals surface area contributed by atoms with E-state index in [0.29, 0.717) is 17.9 Å². The maximum atomic E-state index is 13.7. The predicted molar refractivity (Wildman–Crippen MR) is 71.8 cm³/mol. The van der Waals surface area contributed by atoms with Crippen molar-refractivity contribution < 1.29 is 13.9 Å². The molecule has 106 valence electrons. The summed E-state index contributed by atoms with van der Waals surface area (Å²) < 4.78 is 24.5. The largest absolute Gasteiger partial charge is 0.492 e. The Kier molecular flexibility index (Phi) is 5.13. The van der Waals surface area contributed by atoms with Crippen LogP contribution in [0.25, 0.3) is 0 Å². The summed E-state index contributed by atoms with van der Waals surface area (Å²) in [6.45, 7) is 6.56. The minimum Gasteiger partial charge on any atom is -0.492 e. The molecule has 1 saturated heterocycles. The standard InChI is InChI=1S/C14H21FN2O2/c1-11(16)13-3-2-12(10-14(13)15)19-9-6-17-4-7-18-8-5-17/h2-3,10-11H,4-9,16H2,1H3/t11-/m1/s1. The highest BCUT2D eigenvalue weighted by Gasteiger charge is 2.11. The first kappa shape index (κ1) is 14.2. The molecule has 0 aliphatic carbocycles. The molecule has 0 aromatic heterocycles. The minimum absolute atomic E-state index is 0.303. The first-order valence-electron chi connectivity index (χ1n) is 6.65. The normalized spacial score (nSPS) is 18.3. The zero-order chi connectivity index (χ0) is 13.7. The number of benzene rings is 1. The minimum atomic E-state index is -0.307. The summed E-state index contributed by atoms with van der Waals surface area (Å²) in [5.74, 6) is 0.244. The second-order valence-electron chi connectivity index (χ2n) is 4.77. The molecule has 1 heterocycles. The lowest BCUT2D eigenvalue weighted by Gasteiger charge is -2.26. The summed E-state index contributed by atoms with van der Waals surface area (Å²) in [6.07, 6.45) is 0. The van der Waals surface area contributed by atoms with Crippen LogP contribution < -0.4 is 10.5 Å². The van der Waals surface area contributed by atoms with E-state index in [1.807, 2.05) is 0 Å². The van der Waals surface area contributed by atoms with Crippen LogP contribution in [0, 0.1) is 5.82 Å². The maximum absolute atomic E-state index is 13.7. The Labute approximate surface area is 113 Å². The van der Waals surface area contributed by atoms with Gasteiger partial charge in [0.15, 0.2) is 0 Å². The fourth-order valence-corrected chi connectivity index (χ4v) is 2.08. The Morgan fingerprint density at radius 3 is 2.79 bits per heavy atom. The molecule has 4 nitrogen and oxygen atoms in total. The first-order valence-corrected chi connectivity index (χ1v) is 6.65. The Balaban J connectivity index is 1.81. The van der Waals surface area contributed by atoms with Crippen molar-refractivity contribution in [1.29, 1.82) is 0 Å². The van der Waals surface area contributed by atoms with Gasteiger partial charge in [0.05, 0.1) is 13.2 Å². The summed E-state index contributed by atoms with van der Waals surface area (Å²) in [6, 6.07) is 4.55. The molecule has 2 rings (SSSR count). The van der Waals surface area contributed by atoms with Gasteiger partial charge in [-0.25, -0.2) is 4.39 Å². The topological polar surface area (TPSA) is 47.7 Å². The monoisotopic (exact) mass is 268 g/mol. The number of halogens is 1. The highest BCUT2D eigenvalue weighted by molar-refractivity contribution is 5.30.